The van der Waals surface area contributed by atoms with Crippen molar-refractivity contribution < 1.29 is 24.9 Å². The molecule has 0 aliphatic carbocycles. The number of hydrogen-bond acceptors (Lipinski definition) is 7. The Morgan fingerprint density at radius 1 is 1.27 bits per heavy atom. The summed E-state index contributed by atoms with van der Waals surface area (Å²) in [6.07, 6.45) is -3.71. The Morgan fingerprint density at radius 3 is 2.50 bits per heavy atom. The van der Waals surface area contributed by atoms with E-state index in [1.165, 1.54) is 12.1 Å². The molecule has 1 saturated heterocycles. The van der Waals surface area contributed by atoms with E-state index in [0.717, 1.165) is 10.8 Å². The molecule has 9 nitrogen and oxygen atoms in total. The largest absolute Gasteiger partial charge is 0.394 e. The number of benzene rings is 1. The molecule has 0 spiro atoms. The van der Waals surface area contributed by atoms with Crippen LogP contribution < -0.4 is 11.2 Å². The number of halogens is 1. The van der Waals surface area contributed by atoms with Crippen LogP contribution in [-0.2, 0) is 10.5 Å². The fourth-order valence-electron chi connectivity index (χ4n) is 2.94. The number of aliphatic hydroxyl groups is 3. The minimum atomic E-state index is -2.34. The topological polar surface area (TPSA) is 142 Å². The predicted molar refractivity (Wildman–Crippen MR) is 96.8 cm³/mol. The highest BCUT2D eigenvalue weighted by Gasteiger charge is 2.60. The highest BCUT2D eigenvalue weighted by molar-refractivity contribution is 14.1. The summed E-state index contributed by atoms with van der Waals surface area (Å²) in [6, 6.07) is 7.76. The van der Waals surface area contributed by atoms with Gasteiger partial charge in [-0.1, -0.05) is 30.3 Å². The smallest absolute Gasteiger partial charge is 0.331 e. The highest BCUT2D eigenvalue weighted by atomic mass is 127. The van der Waals surface area contributed by atoms with Crippen LogP contribution in [-0.4, -0.2) is 55.6 Å². The molecule has 4 atom stereocenters. The van der Waals surface area contributed by atoms with E-state index in [1.807, 2.05) is 4.98 Å². The normalized spacial score (nSPS) is 28.2. The number of nitrogens with one attached hydrogen (secondary N) is 1. The maximum absolute atomic E-state index is 13.2. The first kappa shape index (κ1) is 18.9. The third kappa shape index (κ3) is 2.83. The van der Waals surface area contributed by atoms with Gasteiger partial charge in [-0.15, -0.1) is 0 Å². The zero-order valence-corrected chi connectivity index (χ0v) is 15.4. The molecular weight excluding hydrogens is 459 g/mol. The van der Waals surface area contributed by atoms with Gasteiger partial charge in [-0.3, -0.25) is 19.1 Å². The van der Waals surface area contributed by atoms with E-state index in [2.05, 4.69) is 0 Å². The standard InChI is InChI=1S/C16H15IN2O7/c17-9-6-19(15(25)18-14(9)24)16(12(22)8-4-2-1-3-5-8)13(23)11(21)10(7-20)26-16/h1-6,10-11,13,20-21,23H,7H2,(H,18,24,25)/t10-,11-,13-,16-/m1/s1. The van der Waals surface area contributed by atoms with Crippen molar-refractivity contribution in [1.29, 1.82) is 0 Å². The zero-order valence-electron chi connectivity index (χ0n) is 13.2. The molecule has 0 bridgehead atoms. The van der Waals surface area contributed by atoms with Crippen LogP contribution in [0.4, 0.5) is 0 Å². The number of carbonyl (C=O) groups excluding carboxylic acids is 1. The molecule has 1 fully saturated rings. The molecule has 138 valence electrons. The van der Waals surface area contributed by atoms with E-state index >= 15 is 0 Å². The lowest BCUT2D eigenvalue weighted by atomic mass is 9.93. The fraction of sp³-hybridized carbons (Fsp3) is 0.312. The minimum Gasteiger partial charge on any atom is -0.394 e. The molecule has 1 aromatic heterocycles. The molecule has 4 N–H and O–H groups in total. The number of aromatic amines is 1. The van der Waals surface area contributed by atoms with Crippen LogP contribution in [0, 0.1) is 3.57 Å². The number of carbonyl (C=O) groups is 1. The van der Waals surface area contributed by atoms with Gasteiger partial charge >= 0.3 is 5.69 Å². The van der Waals surface area contributed by atoms with Crippen LogP contribution in [0.2, 0.25) is 0 Å². The monoisotopic (exact) mass is 474 g/mol. The van der Waals surface area contributed by atoms with Crippen LogP contribution in [0.3, 0.4) is 0 Å². The average molecular weight is 474 g/mol. The molecule has 0 unspecified atom stereocenters. The Balaban J connectivity index is 2.28. The Morgan fingerprint density at radius 2 is 1.92 bits per heavy atom. The number of hydrogen-bond donors (Lipinski definition) is 4. The third-order valence-corrected chi connectivity index (χ3v) is 5.00. The van der Waals surface area contributed by atoms with E-state index < -0.39 is 47.7 Å². The summed E-state index contributed by atoms with van der Waals surface area (Å²) < 4.78 is 6.35. The Labute approximate surface area is 160 Å². The third-order valence-electron chi connectivity index (χ3n) is 4.23. The van der Waals surface area contributed by atoms with Crippen molar-refractivity contribution in [1.82, 2.24) is 9.55 Å². The van der Waals surface area contributed by atoms with Crippen LogP contribution in [0.15, 0.2) is 46.1 Å². The van der Waals surface area contributed by atoms with Gasteiger partial charge in [0.2, 0.25) is 11.5 Å². The molecule has 0 radical (unpaired) electrons. The molecule has 2 heterocycles. The lowest BCUT2D eigenvalue weighted by molar-refractivity contribution is -0.118. The number of rotatable bonds is 4. The number of ketones is 1. The maximum Gasteiger partial charge on any atom is 0.331 e. The van der Waals surface area contributed by atoms with Gasteiger partial charge in [-0.05, 0) is 22.6 Å². The fourth-order valence-corrected chi connectivity index (χ4v) is 3.35. The molecule has 26 heavy (non-hydrogen) atoms. The minimum absolute atomic E-state index is 0.0696. The van der Waals surface area contributed by atoms with E-state index in [9.17, 15) is 29.7 Å². The van der Waals surface area contributed by atoms with Gasteiger partial charge in [0.25, 0.3) is 5.56 Å². The lowest BCUT2D eigenvalue weighted by Crippen LogP contribution is -2.56. The van der Waals surface area contributed by atoms with Gasteiger partial charge in [0.05, 0.1) is 10.2 Å². The van der Waals surface area contributed by atoms with Crippen LogP contribution in [0.5, 0.6) is 0 Å². The first-order valence-electron chi connectivity index (χ1n) is 7.59. The van der Waals surface area contributed by atoms with Gasteiger partial charge in [0.15, 0.2) is 0 Å². The predicted octanol–water partition coefficient (Wildman–Crippen LogP) is -1.21. The Kier molecular flexibility index (Phi) is 5.12. The molecule has 0 saturated carbocycles. The van der Waals surface area contributed by atoms with Gasteiger partial charge < -0.3 is 20.1 Å². The maximum atomic E-state index is 13.2. The SMILES string of the molecule is O=C(c1ccccc1)[C@@]1(n2cc(I)c(=O)[nH]c2=O)O[C@H](CO)[C@@H](O)[C@H]1O. The van der Waals surface area contributed by atoms with Crippen LogP contribution in [0.25, 0.3) is 0 Å². The highest BCUT2D eigenvalue weighted by Crippen LogP contribution is 2.37. The second-order valence-corrected chi connectivity index (χ2v) is 6.93. The van der Waals surface area contributed by atoms with E-state index in [0.29, 0.717) is 0 Å². The molecule has 0 amide bonds. The first-order chi connectivity index (χ1) is 12.3. The Hall–Kier alpha value is -1.86. The van der Waals surface area contributed by atoms with Crippen molar-refractivity contribution >= 4 is 28.4 Å². The summed E-state index contributed by atoms with van der Waals surface area (Å²) in [5.74, 6) is -0.800. The van der Waals surface area contributed by atoms with Gasteiger partial charge in [-0.2, -0.15) is 0 Å². The van der Waals surface area contributed by atoms with Crippen molar-refractivity contribution in [3.63, 3.8) is 0 Å². The van der Waals surface area contributed by atoms with Gasteiger partial charge in [-0.25, -0.2) is 4.79 Å². The van der Waals surface area contributed by atoms with Crippen LogP contribution >= 0.6 is 22.6 Å². The lowest BCUT2D eigenvalue weighted by Gasteiger charge is -2.32. The van der Waals surface area contributed by atoms with E-state index in [1.54, 1.807) is 40.8 Å². The average Bonchev–Trinajstić information content (AvgIpc) is 2.90. The summed E-state index contributed by atoms with van der Waals surface area (Å²) in [4.78, 5) is 39.3. The van der Waals surface area contributed by atoms with Crippen molar-refractivity contribution in [2.24, 2.45) is 0 Å². The number of aliphatic hydroxyl groups excluding tert-OH is 3. The molecule has 10 heteroatoms. The summed E-state index contributed by atoms with van der Waals surface area (Å²) >= 11 is 1.66. The molecule has 1 aliphatic rings. The second-order valence-electron chi connectivity index (χ2n) is 5.77. The van der Waals surface area contributed by atoms with Crippen molar-refractivity contribution in [3.8, 4) is 0 Å². The molecule has 3 rings (SSSR count). The molecule has 1 aromatic carbocycles. The number of Topliss-reactive ketones (excluding diaryl/α,β-unsaturated/α-hetero) is 1. The van der Waals surface area contributed by atoms with Gasteiger partial charge in [0.1, 0.15) is 18.3 Å². The van der Waals surface area contributed by atoms with Crippen molar-refractivity contribution in [3.05, 3.63) is 66.5 Å². The Bertz CT molecular complexity index is 942. The summed E-state index contributed by atoms with van der Waals surface area (Å²) in [5.41, 5.74) is -3.88. The van der Waals surface area contributed by atoms with Crippen molar-refractivity contribution in [2.75, 3.05) is 6.61 Å². The number of H-pyrrole nitrogens is 1. The second kappa shape index (κ2) is 7.04. The van der Waals surface area contributed by atoms with Crippen LogP contribution in [0.1, 0.15) is 10.4 Å². The first-order valence-corrected chi connectivity index (χ1v) is 8.67. The summed E-state index contributed by atoms with van der Waals surface area (Å²) in [5, 5.41) is 30.2. The van der Waals surface area contributed by atoms with Gasteiger partial charge in [0, 0.05) is 11.8 Å². The van der Waals surface area contributed by atoms with E-state index in [-0.39, 0.29) is 9.13 Å². The van der Waals surface area contributed by atoms with Crippen molar-refractivity contribution in [2.45, 2.75) is 24.0 Å². The summed E-state index contributed by atoms with van der Waals surface area (Å²) in [6.45, 7) is -0.683. The molecule has 1 aliphatic heterocycles. The number of aromatic nitrogens is 2. The number of ether oxygens (including phenoxy) is 1. The summed E-state index contributed by atoms with van der Waals surface area (Å²) in [7, 11) is 0. The molecular formula is C16H15IN2O7. The zero-order chi connectivity index (χ0) is 19.1. The van der Waals surface area contributed by atoms with E-state index in [4.69, 9.17) is 4.74 Å². The quantitative estimate of drug-likeness (QED) is 0.322. The molecule has 2 aromatic rings. The number of nitrogens with zero attached hydrogens (tertiary/aromatic N) is 1.